The van der Waals surface area contributed by atoms with Gasteiger partial charge in [0.05, 0.1) is 15.3 Å². The highest BCUT2D eigenvalue weighted by molar-refractivity contribution is 8.00. The molecule has 1 atom stereocenters. The molecule has 122 valence electrons. The fraction of sp³-hybridized carbons (Fsp3) is 0.429. The normalized spacial score (nSPS) is 15.5. The average Bonchev–Trinajstić information content (AvgIpc) is 3.26. The Morgan fingerprint density at radius 3 is 2.83 bits per heavy atom. The number of pyridine rings is 1. The Hall–Kier alpha value is -1.31. The highest BCUT2D eigenvalue weighted by Crippen LogP contribution is 2.39. The molecule has 1 aliphatic rings. The molecule has 1 aliphatic carbocycles. The second-order valence-corrected chi connectivity index (χ2v) is 7.52. The molecule has 0 aromatic carbocycles. The van der Waals surface area contributed by atoms with Gasteiger partial charge in [-0.25, -0.2) is 4.98 Å². The van der Waals surface area contributed by atoms with Crippen LogP contribution in [0.25, 0.3) is 0 Å². The van der Waals surface area contributed by atoms with E-state index < -0.39 is 0 Å². The van der Waals surface area contributed by atoms with Crippen molar-refractivity contribution >= 4 is 46.7 Å². The SMILES string of the molecule is Cc1nnc(S[C@H](C)C(=O)Nc2ncc(Cl)cc2Cl)n1C1CC1. The molecule has 2 aromatic rings. The number of nitrogens with zero attached hydrogens (tertiary/aromatic N) is 4. The van der Waals surface area contributed by atoms with E-state index in [4.69, 9.17) is 23.2 Å². The van der Waals surface area contributed by atoms with E-state index in [9.17, 15) is 4.79 Å². The van der Waals surface area contributed by atoms with Crippen LogP contribution in [0.15, 0.2) is 17.4 Å². The maximum absolute atomic E-state index is 12.3. The number of hydrogen-bond acceptors (Lipinski definition) is 5. The Balaban J connectivity index is 1.68. The van der Waals surface area contributed by atoms with Crippen molar-refractivity contribution in [3.63, 3.8) is 0 Å². The second-order valence-electron chi connectivity index (χ2n) is 5.36. The summed E-state index contributed by atoms with van der Waals surface area (Å²) < 4.78 is 2.10. The van der Waals surface area contributed by atoms with E-state index in [0.29, 0.717) is 21.9 Å². The smallest absolute Gasteiger partial charge is 0.238 e. The van der Waals surface area contributed by atoms with E-state index in [0.717, 1.165) is 23.8 Å². The van der Waals surface area contributed by atoms with Crippen molar-refractivity contribution in [3.8, 4) is 0 Å². The van der Waals surface area contributed by atoms with Crippen LogP contribution in [0.4, 0.5) is 5.82 Å². The quantitative estimate of drug-likeness (QED) is 0.810. The van der Waals surface area contributed by atoms with Crippen LogP contribution in [0, 0.1) is 6.92 Å². The molecule has 1 fully saturated rings. The van der Waals surface area contributed by atoms with Crippen LogP contribution in [0.2, 0.25) is 10.0 Å². The lowest BCUT2D eigenvalue weighted by molar-refractivity contribution is -0.115. The Labute approximate surface area is 148 Å². The van der Waals surface area contributed by atoms with E-state index in [2.05, 4.69) is 25.1 Å². The van der Waals surface area contributed by atoms with Gasteiger partial charge in [-0.1, -0.05) is 35.0 Å². The zero-order chi connectivity index (χ0) is 16.6. The number of hydrogen-bond donors (Lipinski definition) is 1. The molecule has 0 saturated heterocycles. The number of carbonyl (C=O) groups excluding carboxylic acids is 1. The third kappa shape index (κ3) is 3.79. The van der Waals surface area contributed by atoms with Crippen LogP contribution in [-0.4, -0.2) is 30.9 Å². The number of aromatic nitrogens is 4. The van der Waals surface area contributed by atoms with Gasteiger partial charge in [-0.3, -0.25) is 4.79 Å². The molecule has 0 aliphatic heterocycles. The molecule has 9 heteroatoms. The first kappa shape index (κ1) is 16.5. The molecular formula is C14H15Cl2N5OS. The summed E-state index contributed by atoms with van der Waals surface area (Å²) in [7, 11) is 0. The molecular weight excluding hydrogens is 357 g/mol. The first-order chi connectivity index (χ1) is 11.0. The minimum absolute atomic E-state index is 0.199. The lowest BCUT2D eigenvalue weighted by atomic mass is 10.4. The zero-order valence-corrected chi connectivity index (χ0v) is 14.9. The standard InChI is InChI=1S/C14H15Cl2N5OS/c1-7(13(22)18-12-11(16)5-9(15)6-17-12)23-14-20-19-8(2)21(14)10-3-4-10/h5-7,10H,3-4H2,1-2H3,(H,17,18,22)/t7-/m1/s1. The topological polar surface area (TPSA) is 72.7 Å². The van der Waals surface area contributed by atoms with E-state index >= 15 is 0 Å². The summed E-state index contributed by atoms with van der Waals surface area (Å²) in [5.74, 6) is 0.980. The predicted molar refractivity (Wildman–Crippen MR) is 91.2 cm³/mol. The van der Waals surface area contributed by atoms with Gasteiger partial charge < -0.3 is 9.88 Å². The summed E-state index contributed by atoms with van der Waals surface area (Å²) in [6.07, 6.45) is 3.71. The van der Waals surface area contributed by atoms with E-state index in [1.54, 1.807) is 0 Å². The van der Waals surface area contributed by atoms with E-state index in [1.165, 1.54) is 24.0 Å². The molecule has 3 rings (SSSR count). The molecule has 1 N–H and O–H groups in total. The molecule has 1 saturated carbocycles. The van der Waals surface area contributed by atoms with Gasteiger partial charge in [0, 0.05) is 12.2 Å². The molecule has 2 heterocycles. The van der Waals surface area contributed by atoms with Crippen molar-refractivity contribution < 1.29 is 4.79 Å². The van der Waals surface area contributed by atoms with Crippen molar-refractivity contribution in [2.45, 2.75) is 43.1 Å². The monoisotopic (exact) mass is 371 g/mol. The third-order valence-corrected chi connectivity index (χ3v) is 5.00. The maximum Gasteiger partial charge on any atom is 0.238 e. The van der Waals surface area contributed by atoms with Crippen molar-refractivity contribution in [3.05, 3.63) is 28.1 Å². The van der Waals surface area contributed by atoms with Gasteiger partial charge in [0.15, 0.2) is 11.0 Å². The number of nitrogens with one attached hydrogen (secondary N) is 1. The van der Waals surface area contributed by atoms with Crippen LogP contribution in [0.1, 0.15) is 31.6 Å². The molecule has 6 nitrogen and oxygen atoms in total. The third-order valence-electron chi connectivity index (χ3n) is 3.45. The van der Waals surface area contributed by atoms with Crippen LogP contribution >= 0.6 is 35.0 Å². The molecule has 0 unspecified atom stereocenters. The van der Waals surface area contributed by atoms with Crippen LogP contribution in [0.3, 0.4) is 0 Å². The van der Waals surface area contributed by atoms with Gasteiger partial charge in [-0.2, -0.15) is 0 Å². The summed E-state index contributed by atoms with van der Waals surface area (Å²) in [5, 5.41) is 12.1. The van der Waals surface area contributed by atoms with E-state index in [1.807, 2.05) is 13.8 Å². The molecule has 2 aromatic heterocycles. The van der Waals surface area contributed by atoms with Gasteiger partial charge in [0.25, 0.3) is 0 Å². The van der Waals surface area contributed by atoms with Gasteiger partial charge >= 0.3 is 0 Å². The van der Waals surface area contributed by atoms with Crippen molar-refractivity contribution in [2.75, 3.05) is 5.32 Å². The lowest BCUT2D eigenvalue weighted by Gasteiger charge is -2.13. The largest absolute Gasteiger partial charge is 0.308 e. The predicted octanol–water partition coefficient (Wildman–Crippen LogP) is 3.74. The maximum atomic E-state index is 12.3. The Bertz CT molecular complexity index is 747. The summed E-state index contributed by atoms with van der Waals surface area (Å²) in [6.45, 7) is 3.74. The van der Waals surface area contributed by atoms with E-state index in [-0.39, 0.29) is 11.2 Å². The number of rotatable bonds is 5. The number of halogens is 2. The molecule has 0 bridgehead atoms. The number of amides is 1. The minimum atomic E-state index is -0.357. The van der Waals surface area contributed by atoms with Gasteiger partial charge in [-0.05, 0) is 32.8 Å². The number of aryl methyl sites for hydroxylation is 1. The first-order valence-electron chi connectivity index (χ1n) is 7.15. The summed E-state index contributed by atoms with van der Waals surface area (Å²) in [6, 6.07) is 2.01. The average molecular weight is 372 g/mol. The Morgan fingerprint density at radius 2 is 2.17 bits per heavy atom. The molecule has 23 heavy (non-hydrogen) atoms. The van der Waals surface area contributed by atoms with Gasteiger partial charge in [0.1, 0.15) is 5.82 Å². The van der Waals surface area contributed by atoms with Gasteiger partial charge in [0.2, 0.25) is 5.91 Å². The highest BCUT2D eigenvalue weighted by atomic mass is 35.5. The fourth-order valence-corrected chi connectivity index (χ4v) is 3.51. The molecule has 0 radical (unpaired) electrons. The highest BCUT2D eigenvalue weighted by Gasteiger charge is 2.30. The van der Waals surface area contributed by atoms with Crippen molar-refractivity contribution in [1.29, 1.82) is 0 Å². The van der Waals surface area contributed by atoms with Crippen molar-refractivity contribution in [2.24, 2.45) is 0 Å². The molecule has 0 spiro atoms. The summed E-state index contributed by atoms with van der Waals surface area (Å²) in [5.41, 5.74) is 0. The second kappa shape index (κ2) is 6.67. The van der Waals surface area contributed by atoms with Crippen molar-refractivity contribution in [1.82, 2.24) is 19.7 Å². The summed E-state index contributed by atoms with van der Waals surface area (Å²) in [4.78, 5) is 16.4. The number of thioether (sulfide) groups is 1. The Morgan fingerprint density at radius 1 is 1.43 bits per heavy atom. The first-order valence-corrected chi connectivity index (χ1v) is 8.79. The lowest BCUT2D eigenvalue weighted by Crippen LogP contribution is -2.23. The number of anilines is 1. The van der Waals surface area contributed by atoms with Crippen LogP contribution in [0.5, 0.6) is 0 Å². The fourth-order valence-electron chi connectivity index (χ4n) is 2.12. The zero-order valence-electron chi connectivity index (χ0n) is 12.6. The van der Waals surface area contributed by atoms with Gasteiger partial charge in [-0.15, -0.1) is 10.2 Å². The minimum Gasteiger partial charge on any atom is -0.308 e. The summed E-state index contributed by atoms with van der Waals surface area (Å²) >= 11 is 13.2. The molecule has 1 amide bonds. The number of carbonyl (C=O) groups is 1. The van der Waals surface area contributed by atoms with Crippen LogP contribution < -0.4 is 5.32 Å². The van der Waals surface area contributed by atoms with Crippen LogP contribution in [-0.2, 0) is 4.79 Å². The Kier molecular flexibility index (Phi) is 4.79.